The van der Waals surface area contributed by atoms with Gasteiger partial charge in [-0.25, -0.2) is 0 Å². The van der Waals surface area contributed by atoms with Gasteiger partial charge in [-0.15, -0.1) is 0 Å². The normalized spacial score (nSPS) is 13.8. The molecule has 92 valence electrons. The van der Waals surface area contributed by atoms with Gasteiger partial charge in [0.25, 0.3) is 0 Å². The van der Waals surface area contributed by atoms with Crippen molar-refractivity contribution in [3.63, 3.8) is 0 Å². The molecular formula is C14H19ClN2. The Labute approximate surface area is 107 Å². The van der Waals surface area contributed by atoms with Gasteiger partial charge in [0.2, 0.25) is 0 Å². The third-order valence-corrected chi connectivity index (χ3v) is 3.86. The SMILES string of the molecule is CCCn1c2c(c3c(Cl)cccc31)CCC2.N. The summed E-state index contributed by atoms with van der Waals surface area (Å²) in [6, 6.07) is 6.28. The highest BCUT2D eigenvalue weighted by Crippen LogP contribution is 2.37. The number of hydrogen-bond acceptors (Lipinski definition) is 1. The molecule has 0 atom stereocenters. The molecule has 1 aromatic heterocycles. The van der Waals surface area contributed by atoms with E-state index in [4.69, 9.17) is 11.6 Å². The van der Waals surface area contributed by atoms with Gasteiger partial charge >= 0.3 is 0 Å². The lowest BCUT2D eigenvalue weighted by molar-refractivity contribution is 0.670. The van der Waals surface area contributed by atoms with Crippen molar-refractivity contribution in [3.8, 4) is 0 Å². The summed E-state index contributed by atoms with van der Waals surface area (Å²) in [6.07, 6.45) is 4.89. The number of halogens is 1. The zero-order valence-electron chi connectivity index (χ0n) is 10.3. The Morgan fingerprint density at radius 1 is 1.29 bits per heavy atom. The summed E-state index contributed by atoms with van der Waals surface area (Å²) in [5.74, 6) is 0. The van der Waals surface area contributed by atoms with Crippen molar-refractivity contribution >= 4 is 22.5 Å². The van der Waals surface area contributed by atoms with Gasteiger partial charge in [0.05, 0.1) is 10.5 Å². The van der Waals surface area contributed by atoms with E-state index in [1.165, 1.54) is 47.8 Å². The molecule has 0 radical (unpaired) electrons. The van der Waals surface area contributed by atoms with E-state index in [-0.39, 0.29) is 6.15 Å². The first kappa shape index (κ1) is 12.5. The number of fused-ring (bicyclic) bond motifs is 3. The maximum Gasteiger partial charge on any atom is 0.0502 e. The van der Waals surface area contributed by atoms with E-state index >= 15 is 0 Å². The van der Waals surface area contributed by atoms with Crippen molar-refractivity contribution in [2.75, 3.05) is 0 Å². The molecule has 2 nitrogen and oxygen atoms in total. The summed E-state index contributed by atoms with van der Waals surface area (Å²) in [7, 11) is 0. The molecule has 1 aliphatic carbocycles. The van der Waals surface area contributed by atoms with Crippen molar-refractivity contribution in [3.05, 3.63) is 34.5 Å². The molecule has 17 heavy (non-hydrogen) atoms. The van der Waals surface area contributed by atoms with Crippen LogP contribution in [0.15, 0.2) is 18.2 Å². The van der Waals surface area contributed by atoms with Crippen LogP contribution < -0.4 is 6.15 Å². The summed E-state index contributed by atoms with van der Waals surface area (Å²) in [5, 5.41) is 2.23. The smallest absolute Gasteiger partial charge is 0.0502 e. The standard InChI is InChI=1S/C14H16ClN.H3N/c1-2-9-16-12-7-3-5-10(12)14-11(15)6-4-8-13(14)16;/h4,6,8H,2-3,5,7,9H2,1H3;1H3. The molecule has 2 aromatic rings. The Hall–Kier alpha value is -0.990. The van der Waals surface area contributed by atoms with Gasteiger partial charge < -0.3 is 10.7 Å². The van der Waals surface area contributed by atoms with E-state index in [2.05, 4.69) is 23.6 Å². The summed E-state index contributed by atoms with van der Waals surface area (Å²) in [4.78, 5) is 0. The van der Waals surface area contributed by atoms with E-state index in [1.807, 2.05) is 6.07 Å². The zero-order chi connectivity index (χ0) is 11.1. The van der Waals surface area contributed by atoms with E-state index in [9.17, 15) is 0 Å². The minimum atomic E-state index is 0. The van der Waals surface area contributed by atoms with E-state index < -0.39 is 0 Å². The fourth-order valence-electron chi connectivity index (χ4n) is 2.96. The van der Waals surface area contributed by atoms with Gasteiger partial charge in [-0.3, -0.25) is 0 Å². The van der Waals surface area contributed by atoms with Crippen LogP contribution in [0.1, 0.15) is 31.0 Å². The second-order valence-corrected chi connectivity index (χ2v) is 4.97. The van der Waals surface area contributed by atoms with Crippen molar-refractivity contribution in [1.29, 1.82) is 0 Å². The van der Waals surface area contributed by atoms with Gasteiger partial charge in [-0.2, -0.15) is 0 Å². The molecule has 1 aliphatic rings. The van der Waals surface area contributed by atoms with Gasteiger partial charge in [0.1, 0.15) is 0 Å². The Balaban J connectivity index is 0.00000108. The number of aryl methyl sites for hydroxylation is 2. The molecule has 3 heteroatoms. The molecule has 0 spiro atoms. The fourth-order valence-corrected chi connectivity index (χ4v) is 3.24. The number of nitrogens with zero attached hydrogens (tertiary/aromatic N) is 1. The van der Waals surface area contributed by atoms with E-state index in [1.54, 1.807) is 0 Å². The third-order valence-electron chi connectivity index (χ3n) is 3.55. The second-order valence-electron chi connectivity index (χ2n) is 4.56. The summed E-state index contributed by atoms with van der Waals surface area (Å²) >= 11 is 6.34. The molecule has 3 rings (SSSR count). The molecule has 0 aliphatic heterocycles. The number of benzene rings is 1. The highest BCUT2D eigenvalue weighted by Gasteiger charge is 2.22. The van der Waals surface area contributed by atoms with Crippen LogP contribution in [0.25, 0.3) is 10.9 Å². The molecule has 3 N–H and O–H groups in total. The molecule has 0 unspecified atom stereocenters. The first-order valence-corrected chi connectivity index (χ1v) is 6.49. The van der Waals surface area contributed by atoms with Crippen LogP contribution in [0.3, 0.4) is 0 Å². The average molecular weight is 251 g/mol. The molecule has 0 saturated heterocycles. The number of rotatable bonds is 2. The maximum atomic E-state index is 6.34. The molecule has 0 amide bonds. The van der Waals surface area contributed by atoms with Gasteiger partial charge in [0.15, 0.2) is 0 Å². The quantitative estimate of drug-likeness (QED) is 0.845. The Morgan fingerprint density at radius 3 is 2.88 bits per heavy atom. The lowest BCUT2D eigenvalue weighted by Gasteiger charge is -2.07. The molecule has 0 saturated carbocycles. The van der Waals surface area contributed by atoms with Gasteiger partial charge in [-0.05, 0) is 43.4 Å². The highest BCUT2D eigenvalue weighted by atomic mass is 35.5. The van der Waals surface area contributed by atoms with Crippen molar-refractivity contribution in [1.82, 2.24) is 10.7 Å². The van der Waals surface area contributed by atoms with Gasteiger partial charge in [-0.1, -0.05) is 24.6 Å². The maximum absolute atomic E-state index is 6.34. The molecule has 1 heterocycles. The van der Waals surface area contributed by atoms with Crippen LogP contribution in [0.5, 0.6) is 0 Å². The van der Waals surface area contributed by atoms with Crippen molar-refractivity contribution in [2.45, 2.75) is 39.2 Å². The van der Waals surface area contributed by atoms with Crippen molar-refractivity contribution < 1.29 is 0 Å². The predicted octanol–water partition coefficient (Wildman–Crippen LogP) is 4.36. The number of hydrogen-bond donors (Lipinski definition) is 1. The topological polar surface area (TPSA) is 39.9 Å². The molecular weight excluding hydrogens is 232 g/mol. The monoisotopic (exact) mass is 250 g/mol. The fraction of sp³-hybridized carbons (Fsp3) is 0.429. The zero-order valence-corrected chi connectivity index (χ0v) is 11.1. The molecule has 0 bridgehead atoms. The van der Waals surface area contributed by atoms with Crippen LogP contribution in [-0.2, 0) is 19.4 Å². The highest BCUT2D eigenvalue weighted by molar-refractivity contribution is 6.35. The number of aromatic nitrogens is 1. The predicted molar refractivity (Wildman–Crippen MR) is 74.3 cm³/mol. The average Bonchev–Trinajstić information content (AvgIpc) is 2.82. The largest absolute Gasteiger partial charge is 0.344 e. The van der Waals surface area contributed by atoms with Crippen LogP contribution in [0, 0.1) is 0 Å². The van der Waals surface area contributed by atoms with Gasteiger partial charge in [0, 0.05) is 17.6 Å². The Bertz CT molecular complexity index is 543. The molecule has 1 aromatic carbocycles. The minimum Gasteiger partial charge on any atom is -0.344 e. The lowest BCUT2D eigenvalue weighted by atomic mass is 10.1. The van der Waals surface area contributed by atoms with Crippen LogP contribution >= 0.6 is 11.6 Å². The third kappa shape index (κ3) is 1.76. The first-order valence-electron chi connectivity index (χ1n) is 6.11. The lowest BCUT2D eigenvalue weighted by Crippen LogP contribution is -2.00. The summed E-state index contributed by atoms with van der Waals surface area (Å²) in [6.45, 7) is 3.35. The second kappa shape index (κ2) is 4.71. The Kier molecular flexibility index (Phi) is 3.45. The summed E-state index contributed by atoms with van der Waals surface area (Å²) in [5.41, 5.74) is 4.37. The van der Waals surface area contributed by atoms with Crippen molar-refractivity contribution in [2.24, 2.45) is 0 Å². The minimum absolute atomic E-state index is 0. The summed E-state index contributed by atoms with van der Waals surface area (Å²) < 4.78 is 2.48. The van der Waals surface area contributed by atoms with Crippen LogP contribution in [-0.4, -0.2) is 4.57 Å². The van der Waals surface area contributed by atoms with Crippen LogP contribution in [0.4, 0.5) is 0 Å². The molecule has 0 fully saturated rings. The van der Waals surface area contributed by atoms with Crippen LogP contribution in [0.2, 0.25) is 5.02 Å². The van der Waals surface area contributed by atoms with E-state index in [0.717, 1.165) is 11.6 Å². The first-order chi connectivity index (χ1) is 7.83. The Morgan fingerprint density at radius 2 is 2.12 bits per heavy atom. The van der Waals surface area contributed by atoms with E-state index in [0.29, 0.717) is 0 Å².